The normalized spacial score (nSPS) is 19.8. The van der Waals surface area contributed by atoms with E-state index in [4.69, 9.17) is 9.47 Å². The first-order valence-corrected chi connectivity index (χ1v) is 10.8. The number of nitrogens with one attached hydrogen (secondary N) is 1. The molecule has 166 valence electrons. The molecule has 0 amide bonds. The van der Waals surface area contributed by atoms with Gasteiger partial charge in [-0.3, -0.25) is 9.78 Å². The van der Waals surface area contributed by atoms with Crippen molar-refractivity contribution in [3.8, 4) is 5.75 Å². The summed E-state index contributed by atoms with van der Waals surface area (Å²) >= 11 is 0. The largest absolute Gasteiger partial charge is 0.490 e. The summed E-state index contributed by atoms with van der Waals surface area (Å²) in [6, 6.07) is 13.1. The number of Topliss-reactive ketones (excluding diaryl/α,β-unsaturated/α-hetero) is 1. The van der Waals surface area contributed by atoms with Crippen LogP contribution in [0.25, 0.3) is 0 Å². The van der Waals surface area contributed by atoms with Crippen molar-refractivity contribution in [3.63, 3.8) is 0 Å². The molecule has 0 saturated carbocycles. The van der Waals surface area contributed by atoms with Crippen molar-refractivity contribution >= 4 is 11.8 Å². The third kappa shape index (κ3) is 4.59. The van der Waals surface area contributed by atoms with Gasteiger partial charge in [-0.1, -0.05) is 38.1 Å². The van der Waals surface area contributed by atoms with E-state index in [9.17, 15) is 9.59 Å². The molecule has 1 aliphatic carbocycles. The fourth-order valence-corrected chi connectivity index (χ4v) is 4.48. The van der Waals surface area contributed by atoms with Crippen LogP contribution in [0.3, 0.4) is 0 Å². The number of para-hydroxylation sites is 1. The monoisotopic (exact) mass is 432 g/mol. The smallest absolute Gasteiger partial charge is 0.336 e. The summed E-state index contributed by atoms with van der Waals surface area (Å²) in [5.74, 6) is -0.171. The fourth-order valence-electron chi connectivity index (χ4n) is 4.48. The summed E-state index contributed by atoms with van der Waals surface area (Å²) in [4.78, 5) is 30.6. The van der Waals surface area contributed by atoms with Gasteiger partial charge in [-0.25, -0.2) is 4.79 Å². The Morgan fingerprint density at radius 3 is 2.62 bits per heavy atom. The van der Waals surface area contributed by atoms with Crippen LogP contribution < -0.4 is 10.1 Å². The average Bonchev–Trinajstić information content (AvgIpc) is 2.76. The van der Waals surface area contributed by atoms with Crippen LogP contribution >= 0.6 is 0 Å². The lowest BCUT2D eigenvalue weighted by Gasteiger charge is -2.39. The maximum Gasteiger partial charge on any atom is 0.336 e. The molecule has 1 aromatic carbocycles. The van der Waals surface area contributed by atoms with Gasteiger partial charge in [0.25, 0.3) is 0 Å². The Bertz CT molecular complexity index is 1070. The number of allylic oxidation sites excluding steroid dienone is 3. The number of pyridine rings is 1. The minimum atomic E-state index is -0.494. The molecule has 1 atom stereocenters. The van der Waals surface area contributed by atoms with Crippen LogP contribution in [-0.2, 0) is 14.3 Å². The first-order valence-electron chi connectivity index (χ1n) is 10.8. The Kier molecular flexibility index (Phi) is 6.12. The predicted octanol–water partition coefficient (Wildman–Crippen LogP) is 4.31. The second-order valence-electron chi connectivity index (χ2n) is 9.01. The minimum absolute atomic E-state index is 0.0582. The van der Waals surface area contributed by atoms with Gasteiger partial charge < -0.3 is 14.8 Å². The number of benzene rings is 1. The molecule has 0 saturated heterocycles. The van der Waals surface area contributed by atoms with Gasteiger partial charge in [0.05, 0.1) is 5.57 Å². The molecule has 32 heavy (non-hydrogen) atoms. The third-order valence-electron chi connectivity index (χ3n) is 5.81. The van der Waals surface area contributed by atoms with Crippen LogP contribution in [0.2, 0.25) is 0 Å². The number of ketones is 1. The first kappa shape index (κ1) is 21.8. The SMILES string of the molecule is CC1=C(C(=O)OCCOc2ccccc2)[C@@H](c2cccnc2)C2=C(CC(C)(C)CC2=O)N1. The zero-order valence-corrected chi connectivity index (χ0v) is 18.7. The number of esters is 1. The molecule has 0 spiro atoms. The van der Waals surface area contributed by atoms with Crippen molar-refractivity contribution in [3.05, 3.63) is 83.0 Å². The lowest BCUT2D eigenvalue weighted by molar-refractivity contribution is -0.140. The molecule has 1 N–H and O–H groups in total. The Morgan fingerprint density at radius 2 is 1.91 bits per heavy atom. The number of rotatable bonds is 6. The van der Waals surface area contributed by atoms with Crippen molar-refractivity contribution in [2.45, 2.75) is 39.5 Å². The van der Waals surface area contributed by atoms with Gasteiger partial charge in [0, 0.05) is 41.7 Å². The molecule has 1 aromatic heterocycles. The van der Waals surface area contributed by atoms with Gasteiger partial charge in [-0.2, -0.15) is 0 Å². The summed E-state index contributed by atoms with van der Waals surface area (Å²) in [6.07, 6.45) is 4.58. The van der Waals surface area contributed by atoms with Gasteiger partial charge in [0.2, 0.25) is 0 Å². The third-order valence-corrected chi connectivity index (χ3v) is 5.81. The number of hydrogen-bond donors (Lipinski definition) is 1. The van der Waals surface area contributed by atoms with E-state index >= 15 is 0 Å². The van der Waals surface area contributed by atoms with Crippen LogP contribution in [0.4, 0.5) is 0 Å². The molecular formula is C26H28N2O4. The molecule has 0 unspecified atom stereocenters. The summed E-state index contributed by atoms with van der Waals surface area (Å²) in [6.45, 7) is 6.39. The molecular weight excluding hydrogens is 404 g/mol. The van der Waals surface area contributed by atoms with Crippen molar-refractivity contribution < 1.29 is 19.1 Å². The molecule has 1 aliphatic heterocycles. The van der Waals surface area contributed by atoms with E-state index < -0.39 is 11.9 Å². The molecule has 0 bridgehead atoms. The molecule has 2 aliphatic rings. The van der Waals surface area contributed by atoms with Gasteiger partial charge in [0.1, 0.15) is 19.0 Å². The number of aromatic nitrogens is 1. The second kappa shape index (κ2) is 8.99. The highest BCUT2D eigenvalue weighted by Gasteiger charge is 2.43. The quantitative estimate of drug-likeness (QED) is 0.542. The molecule has 0 fully saturated rings. The number of nitrogens with zero attached hydrogens (tertiary/aromatic N) is 1. The molecule has 0 radical (unpaired) electrons. The Labute approximate surface area is 188 Å². The highest BCUT2D eigenvalue weighted by atomic mass is 16.6. The van der Waals surface area contributed by atoms with Crippen molar-refractivity contribution in [1.29, 1.82) is 0 Å². The van der Waals surface area contributed by atoms with E-state index in [0.717, 1.165) is 23.4 Å². The summed E-state index contributed by atoms with van der Waals surface area (Å²) in [5, 5.41) is 3.34. The van der Waals surface area contributed by atoms with Gasteiger partial charge in [-0.05, 0) is 42.5 Å². The zero-order valence-electron chi connectivity index (χ0n) is 18.7. The number of carbonyl (C=O) groups is 2. The van der Waals surface area contributed by atoms with Gasteiger partial charge >= 0.3 is 5.97 Å². The first-order chi connectivity index (χ1) is 15.4. The fraction of sp³-hybridized carbons (Fsp3) is 0.346. The summed E-state index contributed by atoms with van der Waals surface area (Å²) in [7, 11) is 0. The van der Waals surface area contributed by atoms with E-state index in [2.05, 4.69) is 24.1 Å². The number of ether oxygens (including phenoxy) is 2. The Morgan fingerprint density at radius 1 is 1.12 bits per heavy atom. The van der Waals surface area contributed by atoms with Crippen LogP contribution in [0.1, 0.15) is 45.1 Å². The van der Waals surface area contributed by atoms with Gasteiger partial charge in [0.15, 0.2) is 5.78 Å². The second-order valence-corrected chi connectivity index (χ2v) is 9.01. The van der Waals surface area contributed by atoms with Crippen LogP contribution in [0.15, 0.2) is 77.4 Å². The number of carbonyl (C=O) groups excluding carboxylic acids is 2. The van der Waals surface area contributed by atoms with Crippen molar-refractivity contribution in [2.75, 3.05) is 13.2 Å². The molecule has 6 heteroatoms. The lowest BCUT2D eigenvalue weighted by Crippen LogP contribution is -2.38. The van der Waals surface area contributed by atoms with E-state index in [0.29, 0.717) is 23.3 Å². The number of dihydropyridines is 1. The minimum Gasteiger partial charge on any atom is -0.490 e. The Hall–Kier alpha value is -3.41. The molecule has 4 rings (SSSR count). The Balaban J connectivity index is 1.57. The highest BCUT2D eigenvalue weighted by molar-refractivity contribution is 6.04. The zero-order chi connectivity index (χ0) is 22.7. The summed E-state index contributed by atoms with van der Waals surface area (Å²) < 4.78 is 11.2. The van der Waals surface area contributed by atoms with Crippen molar-refractivity contribution in [1.82, 2.24) is 10.3 Å². The van der Waals surface area contributed by atoms with E-state index in [-0.39, 0.29) is 24.4 Å². The van der Waals surface area contributed by atoms with Crippen LogP contribution in [-0.4, -0.2) is 30.0 Å². The molecule has 2 aromatic rings. The lowest BCUT2D eigenvalue weighted by atomic mass is 9.69. The van der Waals surface area contributed by atoms with E-state index in [1.165, 1.54) is 0 Å². The predicted molar refractivity (Wildman–Crippen MR) is 121 cm³/mol. The molecule has 2 heterocycles. The molecule has 6 nitrogen and oxygen atoms in total. The highest BCUT2D eigenvalue weighted by Crippen LogP contribution is 2.46. The summed E-state index contributed by atoms with van der Waals surface area (Å²) in [5.41, 5.74) is 3.37. The maximum absolute atomic E-state index is 13.2. The van der Waals surface area contributed by atoms with Crippen LogP contribution in [0, 0.1) is 5.41 Å². The average molecular weight is 433 g/mol. The maximum atomic E-state index is 13.2. The van der Waals surface area contributed by atoms with E-state index in [1.807, 2.05) is 49.4 Å². The van der Waals surface area contributed by atoms with Gasteiger partial charge in [-0.15, -0.1) is 0 Å². The van der Waals surface area contributed by atoms with Crippen molar-refractivity contribution in [2.24, 2.45) is 5.41 Å². The topological polar surface area (TPSA) is 77.5 Å². The van der Waals surface area contributed by atoms with E-state index in [1.54, 1.807) is 12.4 Å². The number of hydrogen-bond acceptors (Lipinski definition) is 6. The van der Waals surface area contributed by atoms with Crippen LogP contribution in [0.5, 0.6) is 5.75 Å². The standard InChI is InChI=1S/C26H28N2O4/c1-17-22(25(30)32-13-12-31-19-9-5-4-6-10-19)23(18-8-7-11-27-16-18)24-20(28-17)14-26(2,3)15-21(24)29/h4-11,16,23,28H,12-15H2,1-3H3/t23-/m1/s1.